The van der Waals surface area contributed by atoms with Gasteiger partial charge in [0.05, 0.1) is 0 Å². The van der Waals surface area contributed by atoms with Gasteiger partial charge in [0.25, 0.3) is 0 Å². The first kappa shape index (κ1) is 12.1. The molecule has 15 heavy (non-hydrogen) atoms. The normalized spacial score (nSPS) is 14.5. The SMILES string of the molecule is C=C[Si](C)(C)C#C[Si](C)(C)C1=C=CC=C1. The fourth-order valence-electron chi connectivity index (χ4n) is 1.15. The van der Waals surface area contributed by atoms with Gasteiger partial charge in [-0.15, -0.1) is 23.4 Å². The molecule has 0 heterocycles. The van der Waals surface area contributed by atoms with Crippen LogP contribution in [0.15, 0.2) is 41.4 Å². The van der Waals surface area contributed by atoms with Gasteiger partial charge in [0.1, 0.15) is 0 Å². The molecular weight excluding hydrogens is 212 g/mol. The van der Waals surface area contributed by atoms with Crippen molar-refractivity contribution in [3.8, 4) is 11.1 Å². The van der Waals surface area contributed by atoms with Crippen molar-refractivity contribution in [1.29, 1.82) is 0 Å². The first-order valence-corrected chi connectivity index (χ1v) is 11.3. The Morgan fingerprint density at radius 3 is 2.40 bits per heavy atom. The minimum absolute atomic E-state index is 1.31. The summed E-state index contributed by atoms with van der Waals surface area (Å²) >= 11 is 0. The van der Waals surface area contributed by atoms with Crippen LogP contribution in [0.1, 0.15) is 0 Å². The predicted octanol–water partition coefficient (Wildman–Crippen LogP) is 3.40. The molecule has 0 atom stereocenters. The van der Waals surface area contributed by atoms with Crippen LogP contribution in [-0.4, -0.2) is 16.1 Å². The van der Waals surface area contributed by atoms with Gasteiger partial charge in [0.15, 0.2) is 16.1 Å². The van der Waals surface area contributed by atoms with Crippen molar-refractivity contribution in [3.05, 3.63) is 41.4 Å². The molecule has 1 aliphatic carbocycles. The van der Waals surface area contributed by atoms with Crippen LogP contribution in [0.4, 0.5) is 0 Å². The van der Waals surface area contributed by atoms with Crippen LogP contribution in [0.5, 0.6) is 0 Å². The van der Waals surface area contributed by atoms with Gasteiger partial charge in [-0.25, -0.2) is 0 Å². The summed E-state index contributed by atoms with van der Waals surface area (Å²) in [6.45, 7) is 12.9. The van der Waals surface area contributed by atoms with Gasteiger partial charge in [0.2, 0.25) is 0 Å². The van der Waals surface area contributed by atoms with Gasteiger partial charge in [-0.1, -0.05) is 44.0 Å². The highest BCUT2D eigenvalue weighted by Crippen LogP contribution is 2.17. The second-order valence-corrected chi connectivity index (χ2v) is 13.0. The number of hydrogen-bond acceptors (Lipinski definition) is 0. The van der Waals surface area contributed by atoms with Crippen molar-refractivity contribution < 1.29 is 0 Å². The highest BCUT2D eigenvalue weighted by Gasteiger charge is 2.24. The van der Waals surface area contributed by atoms with E-state index in [4.69, 9.17) is 0 Å². The maximum absolute atomic E-state index is 3.86. The van der Waals surface area contributed by atoms with Gasteiger partial charge < -0.3 is 0 Å². The minimum atomic E-state index is -1.58. The Balaban J connectivity index is 2.94. The fourth-order valence-corrected chi connectivity index (χ4v) is 4.89. The van der Waals surface area contributed by atoms with Gasteiger partial charge in [0, 0.05) is 0 Å². The van der Waals surface area contributed by atoms with E-state index in [0.717, 1.165) is 0 Å². The van der Waals surface area contributed by atoms with Crippen molar-refractivity contribution in [2.75, 3.05) is 0 Å². The first-order valence-electron chi connectivity index (χ1n) is 5.19. The van der Waals surface area contributed by atoms with Crippen LogP contribution in [0.2, 0.25) is 26.2 Å². The topological polar surface area (TPSA) is 0 Å². The molecule has 0 aromatic heterocycles. The van der Waals surface area contributed by atoms with Crippen molar-refractivity contribution in [3.63, 3.8) is 0 Å². The molecule has 0 nitrogen and oxygen atoms in total. The Labute approximate surface area is 95.1 Å². The maximum Gasteiger partial charge on any atom is 0.170 e. The van der Waals surface area contributed by atoms with E-state index in [1.54, 1.807) is 0 Å². The van der Waals surface area contributed by atoms with Gasteiger partial charge in [-0.2, -0.15) is 0 Å². The van der Waals surface area contributed by atoms with Crippen molar-refractivity contribution in [1.82, 2.24) is 0 Å². The quantitative estimate of drug-likeness (QED) is 0.387. The van der Waals surface area contributed by atoms with E-state index in [-0.39, 0.29) is 0 Å². The molecule has 0 unspecified atom stereocenters. The van der Waals surface area contributed by atoms with E-state index in [9.17, 15) is 0 Å². The van der Waals surface area contributed by atoms with Crippen molar-refractivity contribution in [2.24, 2.45) is 0 Å². The zero-order valence-electron chi connectivity index (χ0n) is 10.0. The Morgan fingerprint density at radius 2 is 1.93 bits per heavy atom. The molecule has 0 spiro atoms. The fraction of sp³-hybridized carbons (Fsp3) is 0.308. The molecule has 0 aromatic rings. The molecule has 0 N–H and O–H groups in total. The lowest BCUT2D eigenvalue weighted by molar-refractivity contribution is 1.77. The third kappa shape index (κ3) is 3.25. The van der Waals surface area contributed by atoms with Crippen molar-refractivity contribution in [2.45, 2.75) is 26.2 Å². The lowest BCUT2D eigenvalue weighted by atomic mass is 10.6. The molecule has 0 saturated heterocycles. The third-order valence-electron chi connectivity index (χ3n) is 2.48. The summed E-state index contributed by atoms with van der Waals surface area (Å²) in [6.07, 6.45) is 6.16. The van der Waals surface area contributed by atoms with Crippen LogP contribution in [0.3, 0.4) is 0 Å². The second-order valence-electron chi connectivity index (χ2n) is 4.88. The van der Waals surface area contributed by atoms with Gasteiger partial charge in [-0.3, -0.25) is 0 Å². The molecule has 0 fully saturated rings. The summed E-state index contributed by atoms with van der Waals surface area (Å²) in [7, 11) is -3.06. The molecular formula is C13H18Si2. The molecule has 0 amide bonds. The maximum atomic E-state index is 3.86. The Hall–Kier alpha value is -1.01. The molecule has 78 valence electrons. The van der Waals surface area contributed by atoms with Crippen LogP contribution in [0, 0.1) is 11.1 Å². The second kappa shape index (κ2) is 4.24. The molecule has 0 radical (unpaired) electrons. The van der Waals surface area contributed by atoms with Crippen LogP contribution in [0.25, 0.3) is 0 Å². The zero-order chi connectivity index (χ0) is 11.5. The number of hydrogen-bond donors (Lipinski definition) is 0. The summed E-state index contributed by atoms with van der Waals surface area (Å²) in [6, 6.07) is 0. The molecule has 0 saturated carbocycles. The smallest absolute Gasteiger partial charge is 0.133 e. The first-order chi connectivity index (χ1) is 6.87. The Bertz CT molecular complexity index is 419. The molecule has 0 aromatic carbocycles. The Kier molecular flexibility index (Phi) is 3.41. The molecule has 2 heteroatoms. The van der Waals surface area contributed by atoms with E-state index < -0.39 is 16.1 Å². The largest absolute Gasteiger partial charge is 0.170 e. The average molecular weight is 230 g/mol. The highest BCUT2D eigenvalue weighted by atomic mass is 28.3. The van der Waals surface area contributed by atoms with E-state index in [1.807, 2.05) is 17.9 Å². The summed E-state index contributed by atoms with van der Waals surface area (Å²) in [5.41, 5.74) is 12.3. The van der Waals surface area contributed by atoms with Crippen LogP contribution < -0.4 is 0 Å². The highest BCUT2D eigenvalue weighted by molar-refractivity contribution is 6.95. The summed E-state index contributed by atoms with van der Waals surface area (Å²) < 4.78 is 0. The van der Waals surface area contributed by atoms with Crippen molar-refractivity contribution >= 4 is 16.1 Å². The van der Waals surface area contributed by atoms with E-state index in [2.05, 4.69) is 55.7 Å². The van der Waals surface area contributed by atoms with Crippen LogP contribution >= 0.6 is 0 Å². The molecule has 0 aliphatic heterocycles. The lowest BCUT2D eigenvalue weighted by Gasteiger charge is -2.15. The number of rotatable bonds is 2. The summed E-state index contributed by atoms with van der Waals surface area (Å²) in [5, 5.41) is 1.31. The number of allylic oxidation sites excluding steroid dienone is 3. The standard InChI is InChI=1S/C13H18Si2/c1-6-14(2,3)11-12-15(4,5)13-9-7-8-10-13/h6-9H,1H2,2-5H3. The Morgan fingerprint density at radius 1 is 1.27 bits per heavy atom. The van der Waals surface area contributed by atoms with Crippen LogP contribution in [-0.2, 0) is 0 Å². The molecule has 1 aliphatic rings. The van der Waals surface area contributed by atoms with E-state index >= 15 is 0 Å². The minimum Gasteiger partial charge on any atom is -0.133 e. The zero-order valence-corrected chi connectivity index (χ0v) is 12.0. The summed E-state index contributed by atoms with van der Waals surface area (Å²) in [5.74, 6) is 0. The predicted molar refractivity (Wildman–Crippen MR) is 73.7 cm³/mol. The molecule has 1 rings (SSSR count). The van der Waals surface area contributed by atoms with Gasteiger partial charge >= 0.3 is 0 Å². The van der Waals surface area contributed by atoms with E-state index in [0.29, 0.717) is 0 Å². The average Bonchev–Trinajstić information content (AvgIpc) is 2.69. The van der Waals surface area contributed by atoms with E-state index in [1.165, 1.54) is 5.20 Å². The van der Waals surface area contributed by atoms with Gasteiger partial charge in [-0.05, 0) is 11.3 Å². The molecule has 0 bridgehead atoms. The lowest BCUT2D eigenvalue weighted by Crippen LogP contribution is -2.28. The third-order valence-corrected chi connectivity index (χ3v) is 6.93. The monoisotopic (exact) mass is 230 g/mol. The summed E-state index contributed by atoms with van der Waals surface area (Å²) in [4.78, 5) is 0.